The molecule has 0 bridgehead atoms. The van der Waals surface area contributed by atoms with Gasteiger partial charge in [0.05, 0.1) is 0 Å². The van der Waals surface area contributed by atoms with Crippen molar-refractivity contribution in [2.45, 2.75) is 33.6 Å². The van der Waals surface area contributed by atoms with Gasteiger partial charge in [0, 0.05) is 17.1 Å². The molecule has 2 nitrogen and oxygen atoms in total. The molecule has 0 atom stereocenters. The number of hydrogen-bond donors (Lipinski definition) is 1. The third-order valence-electron chi connectivity index (χ3n) is 3.19. The summed E-state index contributed by atoms with van der Waals surface area (Å²) in [6, 6.07) is 15.4. The molecule has 0 spiro atoms. The van der Waals surface area contributed by atoms with Crippen molar-refractivity contribution in [3.63, 3.8) is 0 Å². The van der Waals surface area contributed by atoms with E-state index in [0.717, 1.165) is 29.0 Å². The SMILES string of the molecule is CC.CCc1cccc(C(=O)NCCc2cccc(Cl)c2)c1. The molecule has 2 aromatic carbocycles. The van der Waals surface area contributed by atoms with Crippen LogP contribution in [0.3, 0.4) is 0 Å². The summed E-state index contributed by atoms with van der Waals surface area (Å²) in [4.78, 5) is 12.0. The van der Waals surface area contributed by atoms with Gasteiger partial charge in [0.15, 0.2) is 0 Å². The minimum atomic E-state index is -0.0256. The second-order valence-electron chi connectivity index (χ2n) is 4.69. The molecule has 22 heavy (non-hydrogen) atoms. The van der Waals surface area contributed by atoms with Gasteiger partial charge in [-0.15, -0.1) is 0 Å². The van der Waals surface area contributed by atoms with Crippen molar-refractivity contribution in [1.82, 2.24) is 5.32 Å². The maximum absolute atomic E-state index is 12.0. The fourth-order valence-electron chi connectivity index (χ4n) is 2.05. The van der Waals surface area contributed by atoms with Gasteiger partial charge in [-0.3, -0.25) is 4.79 Å². The van der Waals surface area contributed by atoms with Gasteiger partial charge in [0.2, 0.25) is 0 Å². The smallest absolute Gasteiger partial charge is 0.251 e. The number of carbonyl (C=O) groups excluding carboxylic acids is 1. The van der Waals surface area contributed by atoms with Gasteiger partial charge < -0.3 is 5.32 Å². The number of hydrogen-bond acceptors (Lipinski definition) is 1. The Morgan fingerprint density at radius 3 is 2.41 bits per heavy atom. The number of benzene rings is 2. The molecule has 0 aliphatic carbocycles. The van der Waals surface area contributed by atoms with Gasteiger partial charge >= 0.3 is 0 Å². The van der Waals surface area contributed by atoms with E-state index in [4.69, 9.17) is 11.6 Å². The Bertz CT molecular complexity index is 595. The average Bonchev–Trinajstić information content (AvgIpc) is 2.57. The van der Waals surface area contributed by atoms with E-state index in [-0.39, 0.29) is 5.91 Å². The Morgan fingerprint density at radius 1 is 1.05 bits per heavy atom. The molecule has 3 heteroatoms. The zero-order valence-corrected chi connectivity index (χ0v) is 14.3. The molecule has 0 aliphatic heterocycles. The monoisotopic (exact) mass is 317 g/mol. The van der Waals surface area contributed by atoms with Gasteiger partial charge in [-0.05, 0) is 48.2 Å². The van der Waals surface area contributed by atoms with E-state index in [1.165, 1.54) is 5.56 Å². The lowest BCUT2D eigenvalue weighted by Gasteiger charge is -2.07. The lowest BCUT2D eigenvalue weighted by Crippen LogP contribution is -2.25. The third-order valence-corrected chi connectivity index (χ3v) is 3.42. The summed E-state index contributed by atoms with van der Waals surface area (Å²) in [5.41, 5.74) is 3.02. The Hall–Kier alpha value is -1.80. The third kappa shape index (κ3) is 5.90. The fourth-order valence-corrected chi connectivity index (χ4v) is 2.26. The predicted octanol–water partition coefficient (Wildman–Crippen LogP) is 4.90. The second kappa shape index (κ2) is 10.0. The van der Waals surface area contributed by atoms with E-state index < -0.39 is 0 Å². The van der Waals surface area contributed by atoms with Crippen molar-refractivity contribution >= 4 is 17.5 Å². The lowest BCUT2D eigenvalue weighted by molar-refractivity contribution is 0.0954. The molecule has 0 fully saturated rings. The molecule has 0 aliphatic rings. The summed E-state index contributed by atoms with van der Waals surface area (Å²) >= 11 is 5.93. The molecular formula is C19H24ClNO. The van der Waals surface area contributed by atoms with Gasteiger partial charge in [0.25, 0.3) is 5.91 Å². The molecule has 0 aromatic heterocycles. The molecule has 2 aromatic rings. The Morgan fingerprint density at radius 2 is 1.73 bits per heavy atom. The van der Waals surface area contributed by atoms with Gasteiger partial charge in [0.1, 0.15) is 0 Å². The first-order chi connectivity index (χ1) is 10.7. The summed E-state index contributed by atoms with van der Waals surface area (Å²) in [6.45, 7) is 6.69. The maximum Gasteiger partial charge on any atom is 0.251 e. The first-order valence-corrected chi connectivity index (χ1v) is 8.18. The Balaban J connectivity index is 0.00000116. The highest BCUT2D eigenvalue weighted by Gasteiger charge is 2.05. The highest BCUT2D eigenvalue weighted by atomic mass is 35.5. The number of carbonyl (C=O) groups is 1. The van der Waals surface area contributed by atoms with E-state index in [9.17, 15) is 4.79 Å². The molecule has 0 radical (unpaired) electrons. The van der Waals surface area contributed by atoms with E-state index >= 15 is 0 Å². The molecule has 1 N–H and O–H groups in total. The van der Waals surface area contributed by atoms with Gasteiger partial charge in [-0.1, -0.05) is 56.6 Å². The van der Waals surface area contributed by atoms with E-state index in [2.05, 4.69) is 12.2 Å². The zero-order valence-electron chi connectivity index (χ0n) is 13.5. The second-order valence-corrected chi connectivity index (χ2v) is 5.13. The van der Waals surface area contributed by atoms with Crippen LogP contribution in [-0.4, -0.2) is 12.5 Å². The number of aryl methyl sites for hydroxylation is 1. The van der Waals surface area contributed by atoms with Crippen molar-refractivity contribution in [2.75, 3.05) is 6.54 Å². The van der Waals surface area contributed by atoms with Crippen LogP contribution in [0.4, 0.5) is 0 Å². The van der Waals surface area contributed by atoms with Crippen molar-refractivity contribution in [3.05, 3.63) is 70.2 Å². The molecule has 0 saturated carbocycles. The van der Waals surface area contributed by atoms with Crippen LogP contribution in [0, 0.1) is 0 Å². The minimum Gasteiger partial charge on any atom is -0.352 e. The van der Waals surface area contributed by atoms with Crippen molar-refractivity contribution in [2.24, 2.45) is 0 Å². The van der Waals surface area contributed by atoms with Crippen LogP contribution in [0.1, 0.15) is 42.3 Å². The summed E-state index contributed by atoms with van der Waals surface area (Å²) in [5, 5.41) is 3.66. The summed E-state index contributed by atoms with van der Waals surface area (Å²) in [6.07, 6.45) is 1.71. The summed E-state index contributed by atoms with van der Waals surface area (Å²) in [5.74, 6) is -0.0256. The van der Waals surface area contributed by atoms with E-state index in [1.807, 2.05) is 62.4 Å². The normalized spacial score (nSPS) is 9.64. The molecule has 118 valence electrons. The van der Waals surface area contributed by atoms with Crippen molar-refractivity contribution in [3.8, 4) is 0 Å². The van der Waals surface area contributed by atoms with Crippen LogP contribution in [0.2, 0.25) is 5.02 Å². The average molecular weight is 318 g/mol. The highest BCUT2D eigenvalue weighted by molar-refractivity contribution is 6.30. The standard InChI is InChI=1S/C17H18ClNO.C2H6/c1-2-13-5-3-7-15(11-13)17(20)19-10-9-14-6-4-8-16(18)12-14;1-2/h3-8,11-12H,2,9-10H2,1H3,(H,19,20);1-2H3. The van der Waals surface area contributed by atoms with Crippen LogP contribution < -0.4 is 5.32 Å². The van der Waals surface area contributed by atoms with Gasteiger partial charge in [-0.25, -0.2) is 0 Å². The lowest BCUT2D eigenvalue weighted by atomic mass is 10.1. The first-order valence-electron chi connectivity index (χ1n) is 7.80. The van der Waals surface area contributed by atoms with Crippen LogP contribution >= 0.6 is 11.6 Å². The molecule has 1 amide bonds. The Kier molecular flexibility index (Phi) is 8.31. The highest BCUT2D eigenvalue weighted by Crippen LogP contribution is 2.11. The Labute approximate surface area is 138 Å². The number of amides is 1. The van der Waals surface area contributed by atoms with Crippen LogP contribution in [0.25, 0.3) is 0 Å². The van der Waals surface area contributed by atoms with E-state index in [0.29, 0.717) is 6.54 Å². The molecule has 0 unspecified atom stereocenters. The van der Waals surface area contributed by atoms with Crippen LogP contribution in [0.5, 0.6) is 0 Å². The van der Waals surface area contributed by atoms with E-state index in [1.54, 1.807) is 0 Å². The topological polar surface area (TPSA) is 29.1 Å². The maximum atomic E-state index is 12.0. The number of nitrogens with one attached hydrogen (secondary N) is 1. The predicted molar refractivity (Wildman–Crippen MR) is 94.7 cm³/mol. The molecule has 0 heterocycles. The first kappa shape index (κ1) is 18.2. The molecule has 0 saturated heterocycles. The number of halogens is 1. The zero-order chi connectivity index (χ0) is 16.4. The van der Waals surface area contributed by atoms with Crippen LogP contribution in [-0.2, 0) is 12.8 Å². The molecular weight excluding hydrogens is 294 g/mol. The largest absolute Gasteiger partial charge is 0.352 e. The summed E-state index contributed by atoms with van der Waals surface area (Å²) in [7, 11) is 0. The van der Waals surface area contributed by atoms with Gasteiger partial charge in [-0.2, -0.15) is 0 Å². The van der Waals surface area contributed by atoms with Crippen LogP contribution in [0.15, 0.2) is 48.5 Å². The number of rotatable bonds is 5. The van der Waals surface area contributed by atoms with Crippen molar-refractivity contribution < 1.29 is 4.79 Å². The minimum absolute atomic E-state index is 0.0256. The fraction of sp³-hybridized carbons (Fsp3) is 0.316. The molecule has 2 rings (SSSR count). The quantitative estimate of drug-likeness (QED) is 0.834. The summed E-state index contributed by atoms with van der Waals surface area (Å²) < 4.78 is 0. The van der Waals surface area contributed by atoms with Crippen molar-refractivity contribution in [1.29, 1.82) is 0 Å².